The van der Waals surface area contributed by atoms with E-state index < -0.39 is 5.97 Å². The maximum atomic E-state index is 13.6. The van der Waals surface area contributed by atoms with Crippen LogP contribution in [0.1, 0.15) is 43.2 Å². The highest BCUT2D eigenvalue weighted by Gasteiger charge is 2.34. The van der Waals surface area contributed by atoms with Crippen molar-refractivity contribution in [1.29, 1.82) is 0 Å². The van der Waals surface area contributed by atoms with E-state index in [2.05, 4.69) is 6.92 Å². The Labute approximate surface area is 107 Å². The van der Waals surface area contributed by atoms with Crippen molar-refractivity contribution in [2.24, 2.45) is 11.8 Å². The van der Waals surface area contributed by atoms with E-state index in [0.717, 1.165) is 18.4 Å². The van der Waals surface area contributed by atoms with Gasteiger partial charge in [0.2, 0.25) is 0 Å². The number of carboxylic acids is 1. The third-order valence-electron chi connectivity index (χ3n) is 4.05. The Balaban J connectivity index is 2.31. The zero-order chi connectivity index (χ0) is 13.3. The molecule has 2 nitrogen and oxygen atoms in total. The van der Waals surface area contributed by atoms with Crippen molar-refractivity contribution < 1.29 is 14.3 Å². The largest absolute Gasteiger partial charge is 0.481 e. The molecule has 3 atom stereocenters. The van der Waals surface area contributed by atoms with Crippen molar-refractivity contribution in [3.05, 3.63) is 35.1 Å². The lowest BCUT2D eigenvalue weighted by Crippen LogP contribution is -2.28. The predicted octanol–water partition coefficient (Wildman–Crippen LogP) is 3.74. The monoisotopic (exact) mass is 250 g/mol. The highest BCUT2D eigenvalue weighted by Crippen LogP contribution is 2.40. The lowest BCUT2D eigenvalue weighted by molar-refractivity contribution is -0.143. The predicted molar refractivity (Wildman–Crippen MR) is 68.0 cm³/mol. The number of aryl methyl sites for hydroxylation is 1. The van der Waals surface area contributed by atoms with Gasteiger partial charge in [-0.05, 0) is 55.2 Å². The number of carboxylic acid groups (broad SMARTS) is 1. The summed E-state index contributed by atoms with van der Waals surface area (Å²) in [6.07, 6.45) is 2.47. The Kier molecular flexibility index (Phi) is 3.69. The van der Waals surface area contributed by atoms with Crippen LogP contribution in [-0.4, -0.2) is 11.1 Å². The molecule has 1 saturated carbocycles. The number of rotatable bonds is 2. The summed E-state index contributed by atoms with van der Waals surface area (Å²) in [5, 5.41) is 9.29. The molecule has 1 aliphatic carbocycles. The van der Waals surface area contributed by atoms with Crippen LogP contribution in [0.4, 0.5) is 4.39 Å². The highest BCUT2D eigenvalue weighted by atomic mass is 19.1. The van der Waals surface area contributed by atoms with Crippen molar-refractivity contribution in [2.75, 3.05) is 0 Å². The van der Waals surface area contributed by atoms with Crippen LogP contribution in [0.15, 0.2) is 18.2 Å². The van der Waals surface area contributed by atoms with E-state index in [4.69, 9.17) is 0 Å². The third-order valence-corrected chi connectivity index (χ3v) is 4.05. The average molecular weight is 250 g/mol. The first-order valence-corrected chi connectivity index (χ1v) is 6.48. The second-order valence-electron chi connectivity index (χ2n) is 5.48. The number of carbonyl (C=O) groups is 1. The van der Waals surface area contributed by atoms with Crippen LogP contribution >= 0.6 is 0 Å². The highest BCUT2D eigenvalue weighted by molar-refractivity contribution is 5.71. The number of hydrogen-bond acceptors (Lipinski definition) is 1. The van der Waals surface area contributed by atoms with E-state index in [1.54, 1.807) is 13.0 Å². The van der Waals surface area contributed by atoms with Gasteiger partial charge in [0, 0.05) is 0 Å². The molecule has 0 saturated heterocycles. The van der Waals surface area contributed by atoms with Crippen LogP contribution in [0.3, 0.4) is 0 Å². The van der Waals surface area contributed by atoms with Gasteiger partial charge in [0.05, 0.1) is 5.92 Å². The van der Waals surface area contributed by atoms with E-state index in [-0.39, 0.29) is 17.7 Å². The first kappa shape index (κ1) is 13.1. The third kappa shape index (κ3) is 2.55. The number of hydrogen-bond donors (Lipinski definition) is 1. The summed E-state index contributed by atoms with van der Waals surface area (Å²) in [5.74, 6) is -0.914. The van der Waals surface area contributed by atoms with Gasteiger partial charge in [-0.2, -0.15) is 0 Å². The van der Waals surface area contributed by atoms with Gasteiger partial charge in [-0.1, -0.05) is 19.1 Å². The topological polar surface area (TPSA) is 37.3 Å². The molecule has 0 aromatic heterocycles. The number of halogens is 1. The normalized spacial score (nSPS) is 28.1. The number of benzene rings is 1. The van der Waals surface area contributed by atoms with Crippen LogP contribution in [-0.2, 0) is 4.79 Å². The SMILES string of the molecule is Cc1ccc(C2CC(C)CCC2C(=O)O)cc1F. The first-order chi connectivity index (χ1) is 8.49. The van der Waals surface area contributed by atoms with Gasteiger partial charge in [0.15, 0.2) is 0 Å². The molecular weight excluding hydrogens is 231 g/mol. The summed E-state index contributed by atoms with van der Waals surface area (Å²) in [4.78, 5) is 11.3. The minimum Gasteiger partial charge on any atom is -0.481 e. The van der Waals surface area contributed by atoms with Gasteiger partial charge in [0.25, 0.3) is 0 Å². The molecule has 1 aliphatic rings. The summed E-state index contributed by atoms with van der Waals surface area (Å²) < 4.78 is 13.6. The smallest absolute Gasteiger partial charge is 0.307 e. The molecule has 1 aromatic rings. The van der Waals surface area contributed by atoms with Gasteiger partial charge >= 0.3 is 5.97 Å². The van der Waals surface area contributed by atoms with Crippen molar-refractivity contribution in [1.82, 2.24) is 0 Å². The number of aliphatic carboxylic acids is 1. The Bertz CT molecular complexity index is 456. The Hall–Kier alpha value is -1.38. The van der Waals surface area contributed by atoms with Crippen molar-refractivity contribution in [3.63, 3.8) is 0 Å². The van der Waals surface area contributed by atoms with Crippen molar-refractivity contribution in [3.8, 4) is 0 Å². The molecule has 2 rings (SSSR count). The van der Waals surface area contributed by atoms with Crippen molar-refractivity contribution in [2.45, 2.75) is 39.0 Å². The van der Waals surface area contributed by atoms with Gasteiger partial charge in [0.1, 0.15) is 5.82 Å². The van der Waals surface area contributed by atoms with Crippen LogP contribution in [0.2, 0.25) is 0 Å². The zero-order valence-electron chi connectivity index (χ0n) is 10.8. The quantitative estimate of drug-likeness (QED) is 0.868. The Morgan fingerprint density at radius 2 is 2.11 bits per heavy atom. The molecule has 0 bridgehead atoms. The molecule has 1 N–H and O–H groups in total. The van der Waals surface area contributed by atoms with Crippen LogP contribution in [0.25, 0.3) is 0 Å². The second-order valence-corrected chi connectivity index (χ2v) is 5.48. The molecule has 3 heteroatoms. The van der Waals surface area contributed by atoms with Crippen LogP contribution in [0, 0.1) is 24.6 Å². The summed E-state index contributed by atoms with van der Waals surface area (Å²) in [6, 6.07) is 5.12. The Morgan fingerprint density at radius 3 is 2.72 bits per heavy atom. The first-order valence-electron chi connectivity index (χ1n) is 6.48. The van der Waals surface area contributed by atoms with E-state index in [1.807, 2.05) is 6.07 Å². The summed E-state index contributed by atoms with van der Waals surface area (Å²) in [6.45, 7) is 3.85. The lowest BCUT2D eigenvalue weighted by Gasteiger charge is -2.32. The molecule has 98 valence electrons. The molecule has 0 aliphatic heterocycles. The molecule has 0 heterocycles. The van der Waals surface area contributed by atoms with Crippen LogP contribution in [0.5, 0.6) is 0 Å². The molecule has 1 fully saturated rings. The van der Waals surface area contributed by atoms with Gasteiger partial charge < -0.3 is 5.11 Å². The fourth-order valence-electron chi connectivity index (χ4n) is 2.88. The van der Waals surface area contributed by atoms with Crippen molar-refractivity contribution >= 4 is 5.97 Å². The average Bonchev–Trinajstić information content (AvgIpc) is 2.32. The fraction of sp³-hybridized carbons (Fsp3) is 0.533. The molecule has 18 heavy (non-hydrogen) atoms. The molecular formula is C15H19FO2. The lowest BCUT2D eigenvalue weighted by atomic mass is 9.71. The molecule has 0 spiro atoms. The van der Waals surface area contributed by atoms with E-state index >= 15 is 0 Å². The summed E-state index contributed by atoms with van der Waals surface area (Å²) >= 11 is 0. The van der Waals surface area contributed by atoms with Gasteiger partial charge in [-0.25, -0.2) is 4.39 Å². The Morgan fingerprint density at radius 1 is 1.39 bits per heavy atom. The maximum Gasteiger partial charge on any atom is 0.307 e. The summed E-state index contributed by atoms with van der Waals surface area (Å²) in [7, 11) is 0. The second kappa shape index (κ2) is 5.09. The maximum absolute atomic E-state index is 13.6. The zero-order valence-corrected chi connectivity index (χ0v) is 10.8. The van der Waals surface area contributed by atoms with E-state index in [1.165, 1.54) is 6.07 Å². The van der Waals surface area contributed by atoms with E-state index in [9.17, 15) is 14.3 Å². The minimum absolute atomic E-state index is 0.0543. The summed E-state index contributed by atoms with van der Waals surface area (Å²) in [5.41, 5.74) is 1.44. The fourth-order valence-corrected chi connectivity index (χ4v) is 2.88. The van der Waals surface area contributed by atoms with E-state index in [0.29, 0.717) is 17.9 Å². The van der Waals surface area contributed by atoms with Gasteiger partial charge in [-0.3, -0.25) is 4.79 Å². The molecule has 3 unspecified atom stereocenters. The molecule has 0 radical (unpaired) electrons. The molecule has 1 aromatic carbocycles. The molecule has 0 amide bonds. The van der Waals surface area contributed by atoms with Gasteiger partial charge in [-0.15, -0.1) is 0 Å². The minimum atomic E-state index is -0.757. The van der Waals surface area contributed by atoms with Crippen LogP contribution < -0.4 is 0 Å². The standard InChI is InChI=1S/C15H19FO2/c1-9-3-6-12(15(17)18)13(7-9)11-5-4-10(2)14(16)8-11/h4-5,8-9,12-13H,3,6-7H2,1-2H3,(H,17,18).